The molecule has 2 aromatic rings. The first kappa shape index (κ1) is 23.4. The lowest BCUT2D eigenvalue weighted by Crippen LogP contribution is -2.14. The zero-order valence-electron chi connectivity index (χ0n) is 18.8. The fourth-order valence-corrected chi connectivity index (χ4v) is 3.80. The highest BCUT2D eigenvalue weighted by molar-refractivity contribution is 7.17. The van der Waals surface area contributed by atoms with Crippen LogP contribution in [-0.4, -0.2) is 11.9 Å². The van der Waals surface area contributed by atoms with Crippen molar-refractivity contribution in [2.75, 3.05) is 6.79 Å². The summed E-state index contributed by atoms with van der Waals surface area (Å²) in [6.07, 6.45) is 0.551. The first-order valence-corrected chi connectivity index (χ1v) is 10.6. The normalized spacial score (nSPS) is 12.3. The van der Waals surface area contributed by atoms with Gasteiger partial charge in [0.15, 0.2) is 6.79 Å². The zero-order valence-corrected chi connectivity index (χ0v) is 19.7. The number of hydrogen-bond donors (Lipinski definition) is 1. The van der Waals surface area contributed by atoms with Gasteiger partial charge in [-0.3, -0.25) is 0 Å². The van der Waals surface area contributed by atoms with E-state index in [2.05, 4.69) is 65.8 Å². The Morgan fingerprint density at radius 1 is 0.828 bits per heavy atom. The van der Waals surface area contributed by atoms with Crippen LogP contribution in [0.2, 0.25) is 0 Å². The van der Waals surface area contributed by atoms with E-state index < -0.39 is 0 Å². The van der Waals surface area contributed by atoms with E-state index in [1.54, 1.807) is 0 Å². The molecule has 29 heavy (non-hydrogen) atoms. The molecule has 0 aromatic heterocycles. The van der Waals surface area contributed by atoms with Crippen LogP contribution in [0.3, 0.4) is 0 Å². The highest BCUT2D eigenvalue weighted by atomic mass is 31.1. The first-order valence-electron chi connectivity index (χ1n) is 9.89. The van der Waals surface area contributed by atoms with Gasteiger partial charge in [0.1, 0.15) is 11.5 Å². The van der Waals surface area contributed by atoms with Gasteiger partial charge in [0.2, 0.25) is 0 Å². The Labute approximate surface area is 176 Å². The monoisotopic (exact) mass is 416 g/mol. The largest absolute Gasteiger partial charge is 0.467 e. The van der Waals surface area contributed by atoms with Crippen LogP contribution >= 0.6 is 8.69 Å². The Hall–Kier alpha value is -1.90. The number of rotatable bonds is 6. The summed E-state index contributed by atoms with van der Waals surface area (Å²) < 4.78 is 22.3. The third kappa shape index (κ3) is 5.58. The lowest BCUT2D eigenvalue weighted by Gasteiger charge is -2.25. The Morgan fingerprint density at radius 3 is 1.69 bits per heavy atom. The second kappa shape index (κ2) is 8.85. The van der Waals surface area contributed by atoms with E-state index >= 15 is 0 Å². The Bertz CT molecular complexity index is 889. The van der Waals surface area contributed by atoms with E-state index in [9.17, 15) is 9.67 Å². The molecule has 0 bridgehead atoms. The molecule has 158 valence electrons. The molecule has 2 aromatic carbocycles. The fourth-order valence-electron chi connectivity index (χ4n) is 3.47. The van der Waals surface area contributed by atoms with Crippen molar-refractivity contribution in [3.8, 4) is 11.5 Å². The number of benzene rings is 2. The Kier molecular flexibility index (Phi) is 7.14. The van der Waals surface area contributed by atoms with Gasteiger partial charge in [0.25, 0.3) is 0 Å². The van der Waals surface area contributed by atoms with Crippen molar-refractivity contribution < 1.29 is 18.9 Å². The molecule has 0 spiro atoms. The van der Waals surface area contributed by atoms with Crippen molar-refractivity contribution in [3.63, 3.8) is 0 Å². The van der Waals surface area contributed by atoms with Gasteiger partial charge in [-0.2, -0.15) is 0 Å². The van der Waals surface area contributed by atoms with Gasteiger partial charge in [-0.25, -0.2) is 4.57 Å². The molecule has 1 N–H and O–H groups in total. The van der Waals surface area contributed by atoms with Crippen molar-refractivity contribution in [2.24, 2.45) is 0 Å². The molecule has 0 amide bonds. The molecular weight excluding hydrogens is 383 g/mol. The Balaban J connectivity index is 2.69. The maximum Gasteiger partial charge on any atom is 0.395 e. The predicted molar refractivity (Wildman–Crippen MR) is 119 cm³/mol. The molecule has 0 aliphatic heterocycles. The summed E-state index contributed by atoms with van der Waals surface area (Å²) in [6.45, 7) is 16.6. The number of ether oxygens (including phenoxy) is 1. The molecule has 0 saturated heterocycles. The minimum atomic E-state index is -0.383. The molecule has 0 unspecified atom stereocenters. The quantitative estimate of drug-likeness (QED) is 0.437. The summed E-state index contributed by atoms with van der Waals surface area (Å²) in [4.78, 5) is 0. The molecule has 0 saturated carbocycles. The second-order valence-corrected chi connectivity index (χ2v) is 10.0. The van der Waals surface area contributed by atoms with Crippen LogP contribution in [0.1, 0.15) is 74.9 Å². The summed E-state index contributed by atoms with van der Waals surface area (Å²) >= 11 is 0. The van der Waals surface area contributed by atoms with E-state index in [1.165, 1.54) is 11.1 Å². The van der Waals surface area contributed by atoms with Crippen molar-refractivity contribution in [1.82, 2.24) is 0 Å². The van der Waals surface area contributed by atoms with Gasteiger partial charge in [-0.15, -0.1) is 0 Å². The average Bonchev–Trinajstić information content (AvgIpc) is 2.58. The van der Waals surface area contributed by atoms with Gasteiger partial charge in [-0.1, -0.05) is 65.8 Å². The molecule has 0 heterocycles. The van der Waals surface area contributed by atoms with Crippen molar-refractivity contribution >= 4 is 8.69 Å². The molecule has 0 aliphatic rings. The molecule has 5 heteroatoms. The van der Waals surface area contributed by atoms with Gasteiger partial charge in [-0.05, 0) is 52.5 Å². The van der Waals surface area contributed by atoms with Crippen LogP contribution in [0.4, 0.5) is 0 Å². The van der Waals surface area contributed by atoms with Crippen molar-refractivity contribution in [3.05, 3.63) is 57.6 Å². The third-order valence-corrected chi connectivity index (χ3v) is 5.41. The topological polar surface area (TPSA) is 55.8 Å². The van der Waals surface area contributed by atoms with E-state index in [-0.39, 0.29) is 26.3 Å². The molecule has 0 aliphatic carbocycles. The van der Waals surface area contributed by atoms with E-state index in [1.807, 2.05) is 13.8 Å². The molecule has 0 radical (unpaired) electrons. The lowest BCUT2D eigenvalue weighted by molar-refractivity contribution is 0.0969. The number of aryl methyl sites for hydroxylation is 2. The highest BCUT2D eigenvalue weighted by Crippen LogP contribution is 2.38. The fraction of sp³-hybridized carbons (Fsp3) is 0.500. The summed E-state index contributed by atoms with van der Waals surface area (Å²) in [5, 5.41) is 9.41. The summed E-state index contributed by atoms with van der Waals surface area (Å²) in [5.74, 6) is 1.31. The Morgan fingerprint density at radius 2 is 1.28 bits per heavy atom. The van der Waals surface area contributed by atoms with Crippen LogP contribution in [0.5, 0.6) is 11.5 Å². The first-order chi connectivity index (χ1) is 13.4. The SMILES string of the molecule is Cc1cc(C(C)(C)C)cc(Cc2cc(C(C)(C)C)cc(C)c2OP=O)c1OCO. The average molecular weight is 416 g/mol. The highest BCUT2D eigenvalue weighted by Gasteiger charge is 2.22. The maximum absolute atomic E-state index is 11.2. The van der Waals surface area contributed by atoms with Crippen LogP contribution in [0.15, 0.2) is 24.3 Å². The van der Waals surface area contributed by atoms with E-state index in [4.69, 9.17) is 9.26 Å². The minimum absolute atomic E-state index is 0.0204. The smallest absolute Gasteiger partial charge is 0.395 e. The number of aliphatic hydroxyl groups is 1. The lowest BCUT2D eigenvalue weighted by atomic mass is 9.82. The van der Waals surface area contributed by atoms with Crippen LogP contribution in [0.25, 0.3) is 0 Å². The number of aliphatic hydroxyl groups excluding tert-OH is 1. The van der Waals surface area contributed by atoms with E-state index in [0.717, 1.165) is 22.3 Å². The van der Waals surface area contributed by atoms with Crippen molar-refractivity contribution in [2.45, 2.75) is 72.6 Å². The second-order valence-electron chi connectivity index (χ2n) is 9.68. The molecule has 0 atom stereocenters. The van der Waals surface area contributed by atoms with Gasteiger partial charge >= 0.3 is 8.69 Å². The molecule has 4 nitrogen and oxygen atoms in total. The number of hydrogen-bond acceptors (Lipinski definition) is 4. The third-order valence-electron chi connectivity index (χ3n) is 5.15. The van der Waals surface area contributed by atoms with Gasteiger partial charge in [0.05, 0.1) is 0 Å². The zero-order chi connectivity index (χ0) is 22.0. The van der Waals surface area contributed by atoms with Crippen molar-refractivity contribution in [1.29, 1.82) is 0 Å². The summed E-state index contributed by atoms with van der Waals surface area (Å²) in [5.41, 5.74) is 6.19. The van der Waals surface area contributed by atoms with Crippen LogP contribution in [0, 0.1) is 13.8 Å². The van der Waals surface area contributed by atoms with Gasteiger partial charge in [0, 0.05) is 12.0 Å². The standard InChI is InChI=1S/C24H33O4P/c1-15-9-19(23(3,4)5)12-17(21(15)27-14-25)11-18-13-20(24(6,7)8)10-16(2)22(18)28-29-26/h9-10,12-13,25H,11,14H2,1-8H3. The summed E-state index contributed by atoms with van der Waals surface area (Å²) in [7, 11) is -0.377. The minimum Gasteiger partial charge on any atom is -0.467 e. The van der Waals surface area contributed by atoms with E-state index in [0.29, 0.717) is 17.9 Å². The van der Waals surface area contributed by atoms with Gasteiger partial charge < -0.3 is 14.4 Å². The van der Waals surface area contributed by atoms with Crippen LogP contribution in [-0.2, 0) is 21.8 Å². The predicted octanol–water partition coefficient (Wildman–Crippen LogP) is 6.40. The molecule has 0 fully saturated rings. The molecule has 2 rings (SSSR count). The summed E-state index contributed by atoms with van der Waals surface area (Å²) in [6, 6.07) is 8.45. The molecular formula is C24H33O4P. The maximum atomic E-state index is 11.2. The van der Waals surface area contributed by atoms with Crippen LogP contribution < -0.4 is 9.26 Å².